The number of para-hydroxylation sites is 1. The summed E-state index contributed by atoms with van der Waals surface area (Å²) in [5.41, 5.74) is 3.04. The first-order valence-corrected chi connectivity index (χ1v) is 8.43. The van der Waals surface area contributed by atoms with Gasteiger partial charge in [0.25, 0.3) is 5.91 Å². The number of imidazole rings is 1. The molecule has 0 fully saturated rings. The monoisotopic (exact) mass is 335 g/mol. The normalized spacial score (nSPS) is 16.2. The maximum atomic E-state index is 13.2. The lowest BCUT2D eigenvalue weighted by molar-refractivity contribution is 0.0495. The SMILES string of the molecule is Cc1ccn2c(C(=O)N3Cc4ccccc4OC(C)(C)C3)cnc2c1. The molecular formula is C20H21N3O2. The fraction of sp³-hybridized carbons (Fsp3) is 0.300. The number of fused-ring (bicyclic) bond motifs is 2. The van der Waals surface area contributed by atoms with Gasteiger partial charge in [-0.25, -0.2) is 4.98 Å². The van der Waals surface area contributed by atoms with Gasteiger partial charge in [0.15, 0.2) is 0 Å². The van der Waals surface area contributed by atoms with E-state index in [0.29, 0.717) is 18.8 Å². The topological polar surface area (TPSA) is 46.8 Å². The first-order valence-electron chi connectivity index (χ1n) is 8.43. The second kappa shape index (κ2) is 5.62. The number of rotatable bonds is 1. The van der Waals surface area contributed by atoms with E-state index in [4.69, 9.17) is 4.74 Å². The molecule has 0 aliphatic carbocycles. The van der Waals surface area contributed by atoms with Gasteiger partial charge in [-0.3, -0.25) is 9.20 Å². The molecular weight excluding hydrogens is 314 g/mol. The molecule has 4 rings (SSSR count). The number of aryl methyl sites for hydroxylation is 1. The quantitative estimate of drug-likeness (QED) is 0.684. The third-order valence-electron chi connectivity index (χ3n) is 4.47. The average Bonchev–Trinajstić information content (AvgIpc) is 2.91. The first kappa shape index (κ1) is 15.7. The Hall–Kier alpha value is -2.82. The molecule has 1 aromatic carbocycles. The molecule has 2 aromatic heterocycles. The molecule has 3 aromatic rings. The van der Waals surface area contributed by atoms with E-state index < -0.39 is 5.60 Å². The van der Waals surface area contributed by atoms with Crippen LogP contribution in [-0.4, -0.2) is 32.3 Å². The standard InChI is InChI=1S/C20H21N3O2/c1-14-8-9-23-16(11-21-18(23)10-14)19(24)22-12-15-6-4-5-7-17(15)25-20(2,3)13-22/h4-11H,12-13H2,1-3H3. The summed E-state index contributed by atoms with van der Waals surface area (Å²) in [6, 6.07) is 11.9. The number of carbonyl (C=O) groups is 1. The molecule has 128 valence electrons. The number of aromatic nitrogens is 2. The van der Waals surface area contributed by atoms with E-state index in [-0.39, 0.29) is 5.91 Å². The Morgan fingerprint density at radius 1 is 1.24 bits per heavy atom. The van der Waals surface area contributed by atoms with Crippen LogP contribution in [0.4, 0.5) is 0 Å². The number of benzene rings is 1. The van der Waals surface area contributed by atoms with E-state index in [2.05, 4.69) is 4.98 Å². The lowest BCUT2D eigenvalue weighted by Gasteiger charge is -2.29. The van der Waals surface area contributed by atoms with Gasteiger partial charge in [-0.1, -0.05) is 18.2 Å². The first-order chi connectivity index (χ1) is 11.9. The second-order valence-corrected chi connectivity index (χ2v) is 7.21. The van der Waals surface area contributed by atoms with Gasteiger partial charge in [0.2, 0.25) is 0 Å². The number of amides is 1. The third kappa shape index (κ3) is 2.86. The zero-order valence-corrected chi connectivity index (χ0v) is 14.7. The van der Waals surface area contributed by atoms with Crippen molar-refractivity contribution in [1.29, 1.82) is 0 Å². The van der Waals surface area contributed by atoms with Crippen molar-refractivity contribution in [3.8, 4) is 5.75 Å². The molecule has 0 unspecified atom stereocenters. The van der Waals surface area contributed by atoms with E-state index in [1.807, 2.05) is 72.7 Å². The van der Waals surface area contributed by atoms with Crippen LogP contribution in [0.3, 0.4) is 0 Å². The largest absolute Gasteiger partial charge is 0.486 e. The highest BCUT2D eigenvalue weighted by Gasteiger charge is 2.32. The van der Waals surface area contributed by atoms with Crippen molar-refractivity contribution in [3.63, 3.8) is 0 Å². The highest BCUT2D eigenvalue weighted by Crippen LogP contribution is 2.30. The van der Waals surface area contributed by atoms with E-state index in [0.717, 1.165) is 22.5 Å². The average molecular weight is 335 g/mol. The van der Waals surface area contributed by atoms with Gasteiger partial charge < -0.3 is 9.64 Å². The van der Waals surface area contributed by atoms with Crippen molar-refractivity contribution >= 4 is 11.6 Å². The molecule has 3 heterocycles. The lowest BCUT2D eigenvalue weighted by Crippen LogP contribution is -2.43. The van der Waals surface area contributed by atoms with Gasteiger partial charge in [0, 0.05) is 18.3 Å². The minimum absolute atomic E-state index is 0.0373. The fourth-order valence-electron chi connectivity index (χ4n) is 3.33. The molecule has 0 saturated heterocycles. The van der Waals surface area contributed by atoms with E-state index >= 15 is 0 Å². The molecule has 1 aliphatic rings. The summed E-state index contributed by atoms with van der Waals surface area (Å²) in [6.07, 6.45) is 3.56. The van der Waals surface area contributed by atoms with Gasteiger partial charge in [0.1, 0.15) is 22.7 Å². The second-order valence-electron chi connectivity index (χ2n) is 7.21. The Morgan fingerprint density at radius 3 is 2.88 bits per heavy atom. The van der Waals surface area contributed by atoms with Crippen LogP contribution in [0.15, 0.2) is 48.8 Å². The Balaban J connectivity index is 1.73. The van der Waals surface area contributed by atoms with Crippen LogP contribution in [0.25, 0.3) is 5.65 Å². The molecule has 0 N–H and O–H groups in total. The molecule has 0 saturated carbocycles. The minimum Gasteiger partial charge on any atom is -0.486 e. The van der Waals surface area contributed by atoms with Crippen molar-refractivity contribution in [2.24, 2.45) is 0 Å². The van der Waals surface area contributed by atoms with Crippen LogP contribution < -0.4 is 4.74 Å². The highest BCUT2D eigenvalue weighted by molar-refractivity contribution is 5.93. The van der Waals surface area contributed by atoms with Gasteiger partial charge in [0.05, 0.1) is 12.7 Å². The molecule has 0 bridgehead atoms. The van der Waals surface area contributed by atoms with Crippen molar-refractivity contribution < 1.29 is 9.53 Å². The van der Waals surface area contributed by atoms with Crippen molar-refractivity contribution in [2.75, 3.05) is 6.54 Å². The predicted molar refractivity (Wildman–Crippen MR) is 95.8 cm³/mol. The van der Waals surface area contributed by atoms with Crippen LogP contribution in [-0.2, 0) is 6.54 Å². The van der Waals surface area contributed by atoms with Crippen LogP contribution in [0.2, 0.25) is 0 Å². The van der Waals surface area contributed by atoms with Gasteiger partial charge in [-0.15, -0.1) is 0 Å². The Morgan fingerprint density at radius 2 is 2.04 bits per heavy atom. The summed E-state index contributed by atoms with van der Waals surface area (Å²) in [5.74, 6) is 0.807. The van der Waals surface area contributed by atoms with E-state index in [1.54, 1.807) is 6.20 Å². The number of hydrogen-bond donors (Lipinski definition) is 0. The maximum absolute atomic E-state index is 13.2. The zero-order valence-electron chi connectivity index (χ0n) is 14.7. The number of nitrogens with zero attached hydrogens (tertiary/aromatic N) is 3. The zero-order chi connectivity index (χ0) is 17.6. The Kier molecular flexibility index (Phi) is 3.53. The summed E-state index contributed by atoms with van der Waals surface area (Å²) in [4.78, 5) is 19.4. The van der Waals surface area contributed by atoms with Crippen molar-refractivity contribution in [3.05, 3.63) is 65.6 Å². The molecule has 1 amide bonds. The number of ether oxygens (including phenoxy) is 1. The smallest absolute Gasteiger partial charge is 0.272 e. The highest BCUT2D eigenvalue weighted by atomic mass is 16.5. The summed E-state index contributed by atoms with van der Waals surface area (Å²) in [5, 5.41) is 0. The number of hydrogen-bond acceptors (Lipinski definition) is 3. The summed E-state index contributed by atoms with van der Waals surface area (Å²) in [6.45, 7) is 7.07. The van der Waals surface area contributed by atoms with E-state index in [1.165, 1.54) is 0 Å². The minimum atomic E-state index is -0.459. The molecule has 5 heteroatoms. The van der Waals surface area contributed by atoms with Crippen LogP contribution in [0, 0.1) is 6.92 Å². The van der Waals surface area contributed by atoms with Crippen LogP contribution in [0.1, 0.15) is 35.5 Å². The maximum Gasteiger partial charge on any atom is 0.272 e. The lowest BCUT2D eigenvalue weighted by atomic mass is 10.1. The molecule has 1 aliphatic heterocycles. The third-order valence-corrected chi connectivity index (χ3v) is 4.47. The van der Waals surface area contributed by atoms with Gasteiger partial charge in [-0.2, -0.15) is 0 Å². The predicted octanol–water partition coefficient (Wildman–Crippen LogP) is 3.46. The number of carbonyl (C=O) groups excluding carboxylic acids is 1. The molecule has 0 radical (unpaired) electrons. The Labute approximate surface area is 146 Å². The van der Waals surface area contributed by atoms with Crippen LogP contribution in [0.5, 0.6) is 5.75 Å². The fourth-order valence-corrected chi connectivity index (χ4v) is 3.33. The van der Waals surface area contributed by atoms with E-state index in [9.17, 15) is 4.79 Å². The van der Waals surface area contributed by atoms with Crippen LogP contribution >= 0.6 is 0 Å². The molecule has 5 nitrogen and oxygen atoms in total. The molecule has 0 spiro atoms. The molecule has 0 atom stereocenters. The Bertz CT molecular complexity index is 958. The summed E-state index contributed by atoms with van der Waals surface area (Å²) in [7, 11) is 0. The molecule has 25 heavy (non-hydrogen) atoms. The van der Waals surface area contributed by atoms with Crippen molar-refractivity contribution in [2.45, 2.75) is 32.9 Å². The van der Waals surface area contributed by atoms with Gasteiger partial charge in [-0.05, 0) is 44.5 Å². The summed E-state index contributed by atoms with van der Waals surface area (Å²) >= 11 is 0. The summed E-state index contributed by atoms with van der Waals surface area (Å²) < 4.78 is 7.98. The van der Waals surface area contributed by atoms with Gasteiger partial charge >= 0.3 is 0 Å². The number of pyridine rings is 1. The van der Waals surface area contributed by atoms with Crippen molar-refractivity contribution in [1.82, 2.24) is 14.3 Å².